The van der Waals surface area contributed by atoms with Crippen molar-refractivity contribution in [3.8, 4) is 11.8 Å². The molecule has 1 heterocycles. The summed E-state index contributed by atoms with van der Waals surface area (Å²) in [5, 5.41) is 0. The second-order valence-electron chi connectivity index (χ2n) is 5.57. The first-order valence-electron chi connectivity index (χ1n) is 6.49. The Morgan fingerprint density at radius 3 is 2.63 bits per heavy atom. The molecule has 1 aromatic rings. The van der Waals surface area contributed by atoms with E-state index in [0.29, 0.717) is 11.6 Å². The zero-order chi connectivity index (χ0) is 14.0. The van der Waals surface area contributed by atoms with Gasteiger partial charge in [-0.3, -0.25) is 4.79 Å². The van der Waals surface area contributed by atoms with Gasteiger partial charge in [-0.05, 0) is 18.3 Å². The molecule has 1 fully saturated rings. The Kier molecular flexibility index (Phi) is 3.73. The van der Waals surface area contributed by atoms with Gasteiger partial charge in [0.15, 0.2) is 11.5 Å². The summed E-state index contributed by atoms with van der Waals surface area (Å²) in [6, 6.07) is 0. The summed E-state index contributed by atoms with van der Waals surface area (Å²) < 4.78 is 10.2. The molecule has 1 unspecified atom stereocenters. The number of hydrogen-bond acceptors (Lipinski definition) is 5. The highest BCUT2D eigenvalue weighted by Crippen LogP contribution is 2.44. The van der Waals surface area contributed by atoms with Crippen molar-refractivity contribution in [3.05, 3.63) is 11.9 Å². The van der Waals surface area contributed by atoms with Gasteiger partial charge in [-0.15, -0.1) is 0 Å². The lowest BCUT2D eigenvalue weighted by Gasteiger charge is -2.25. The largest absolute Gasteiger partial charge is 0.480 e. The molecule has 0 radical (unpaired) electrons. The van der Waals surface area contributed by atoms with Crippen LogP contribution in [0.25, 0.3) is 0 Å². The first-order valence-corrected chi connectivity index (χ1v) is 6.49. The number of aromatic nitrogens is 2. The number of carbonyl (C=O) groups excluding carboxylic acids is 1. The quantitative estimate of drug-likeness (QED) is 0.782. The van der Waals surface area contributed by atoms with Gasteiger partial charge in [0.1, 0.15) is 0 Å². The molecular formula is C14H20N2O3. The van der Waals surface area contributed by atoms with Crippen molar-refractivity contribution >= 4 is 5.78 Å². The normalized spacial score (nSPS) is 21.2. The van der Waals surface area contributed by atoms with Gasteiger partial charge in [-0.2, -0.15) is 4.98 Å². The first kappa shape index (κ1) is 13.8. The lowest BCUT2D eigenvalue weighted by molar-refractivity contribution is 0.0829. The summed E-state index contributed by atoms with van der Waals surface area (Å²) in [5.41, 5.74) is 0.326. The van der Waals surface area contributed by atoms with Crippen molar-refractivity contribution in [2.24, 2.45) is 11.3 Å². The molecule has 19 heavy (non-hydrogen) atoms. The first-order chi connectivity index (χ1) is 8.99. The third-order valence-corrected chi connectivity index (χ3v) is 3.93. The fraction of sp³-hybridized carbons (Fsp3) is 0.643. The third kappa shape index (κ3) is 2.55. The Morgan fingerprint density at radius 2 is 2.11 bits per heavy atom. The highest BCUT2D eigenvalue weighted by atomic mass is 16.5. The SMILES string of the molecule is COc1cnc(C(=O)C2CCCC2(C)C)c(OC)n1. The van der Waals surface area contributed by atoms with Crippen LogP contribution in [0.2, 0.25) is 0 Å². The van der Waals surface area contributed by atoms with E-state index in [1.807, 2.05) is 0 Å². The van der Waals surface area contributed by atoms with Crippen molar-refractivity contribution in [2.75, 3.05) is 14.2 Å². The minimum absolute atomic E-state index is 0.0101. The average Bonchev–Trinajstić information content (AvgIpc) is 2.76. The van der Waals surface area contributed by atoms with Crippen LogP contribution in [0.5, 0.6) is 11.8 Å². The predicted octanol–water partition coefficient (Wildman–Crippen LogP) is 2.50. The van der Waals surface area contributed by atoms with E-state index in [9.17, 15) is 4.79 Å². The zero-order valence-electron chi connectivity index (χ0n) is 11.9. The van der Waals surface area contributed by atoms with E-state index >= 15 is 0 Å². The van der Waals surface area contributed by atoms with Crippen LogP contribution in [-0.2, 0) is 0 Å². The lowest BCUT2D eigenvalue weighted by atomic mass is 9.78. The van der Waals surface area contributed by atoms with Gasteiger partial charge in [0.25, 0.3) is 0 Å². The average molecular weight is 264 g/mol. The van der Waals surface area contributed by atoms with Crippen LogP contribution in [0, 0.1) is 11.3 Å². The molecule has 0 amide bonds. The van der Waals surface area contributed by atoms with Crippen molar-refractivity contribution in [3.63, 3.8) is 0 Å². The van der Waals surface area contributed by atoms with Gasteiger partial charge < -0.3 is 9.47 Å². The van der Waals surface area contributed by atoms with E-state index < -0.39 is 0 Å². The van der Waals surface area contributed by atoms with Gasteiger partial charge in [0, 0.05) is 5.92 Å². The molecule has 0 aliphatic heterocycles. The van der Waals surface area contributed by atoms with Crippen LogP contribution < -0.4 is 9.47 Å². The second-order valence-corrected chi connectivity index (χ2v) is 5.57. The molecule has 0 saturated heterocycles. The van der Waals surface area contributed by atoms with E-state index in [4.69, 9.17) is 9.47 Å². The van der Waals surface area contributed by atoms with E-state index in [1.165, 1.54) is 20.4 Å². The molecule has 2 rings (SSSR count). The molecule has 104 valence electrons. The maximum atomic E-state index is 12.6. The molecule has 1 aromatic heterocycles. The minimum Gasteiger partial charge on any atom is -0.480 e. The summed E-state index contributed by atoms with van der Waals surface area (Å²) in [4.78, 5) is 20.9. The summed E-state index contributed by atoms with van der Waals surface area (Å²) in [6.07, 6.45) is 4.50. The van der Waals surface area contributed by atoms with Crippen LogP contribution in [0.4, 0.5) is 0 Å². The Morgan fingerprint density at radius 1 is 1.37 bits per heavy atom. The van der Waals surface area contributed by atoms with Crippen molar-refractivity contribution < 1.29 is 14.3 Å². The van der Waals surface area contributed by atoms with Gasteiger partial charge in [0.05, 0.1) is 20.4 Å². The number of methoxy groups -OCH3 is 2. The highest BCUT2D eigenvalue weighted by molar-refractivity contribution is 5.98. The van der Waals surface area contributed by atoms with E-state index in [1.54, 1.807) is 0 Å². The lowest BCUT2D eigenvalue weighted by Crippen LogP contribution is -2.27. The second kappa shape index (κ2) is 5.15. The number of Topliss-reactive ketones (excluding diaryl/α,β-unsaturated/α-hetero) is 1. The van der Waals surface area contributed by atoms with Gasteiger partial charge >= 0.3 is 0 Å². The molecule has 5 nitrogen and oxygen atoms in total. The monoisotopic (exact) mass is 264 g/mol. The molecule has 1 aliphatic rings. The van der Waals surface area contributed by atoms with E-state index in [-0.39, 0.29) is 23.0 Å². The summed E-state index contributed by atoms with van der Waals surface area (Å²) in [5.74, 6) is 0.602. The number of nitrogens with zero attached hydrogens (tertiary/aromatic N) is 2. The fourth-order valence-corrected chi connectivity index (χ4v) is 2.74. The maximum absolute atomic E-state index is 12.6. The summed E-state index contributed by atoms with van der Waals surface area (Å²) in [7, 11) is 2.99. The molecule has 1 atom stereocenters. The number of rotatable bonds is 4. The molecule has 1 aliphatic carbocycles. The Bertz CT molecular complexity index is 486. The van der Waals surface area contributed by atoms with Crippen molar-refractivity contribution in [2.45, 2.75) is 33.1 Å². The van der Waals surface area contributed by atoms with Crippen LogP contribution in [-0.4, -0.2) is 30.0 Å². The van der Waals surface area contributed by atoms with Crippen molar-refractivity contribution in [1.82, 2.24) is 9.97 Å². The Balaban J connectivity index is 2.33. The summed E-state index contributed by atoms with van der Waals surface area (Å²) >= 11 is 0. The molecule has 0 N–H and O–H groups in total. The van der Waals surface area contributed by atoms with Gasteiger partial charge in [-0.25, -0.2) is 4.98 Å². The Hall–Kier alpha value is -1.65. The standard InChI is InChI=1S/C14H20N2O3/c1-14(2)7-5-6-9(14)12(17)11-13(19-4)16-10(18-3)8-15-11/h8-9H,5-7H2,1-4H3. The molecule has 0 aromatic carbocycles. The van der Waals surface area contributed by atoms with Crippen LogP contribution in [0.1, 0.15) is 43.6 Å². The van der Waals surface area contributed by atoms with Gasteiger partial charge in [0.2, 0.25) is 11.8 Å². The number of ether oxygens (including phenoxy) is 2. The number of carbonyl (C=O) groups is 1. The summed E-state index contributed by atoms with van der Waals surface area (Å²) in [6.45, 7) is 4.26. The smallest absolute Gasteiger partial charge is 0.246 e. The zero-order valence-corrected chi connectivity index (χ0v) is 11.9. The van der Waals surface area contributed by atoms with Gasteiger partial charge in [-0.1, -0.05) is 20.3 Å². The molecular weight excluding hydrogens is 244 g/mol. The topological polar surface area (TPSA) is 61.3 Å². The maximum Gasteiger partial charge on any atom is 0.246 e. The molecule has 0 bridgehead atoms. The molecule has 0 spiro atoms. The third-order valence-electron chi connectivity index (χ3n) is 3.93. The van der Waals surface area contributed by atoms with Crippen LogP contribution >= 0.6 is 0 Å². The number of hydrogen-bond donors (Lipinski definition) is 0. The minimum atomic E-state index is -0.0101. The predicted molar refractivity (Wildman–Crippen MR) is 70.6 cm³/mol. The van der Waals surface area contributed by atoms with E-state index in [0.717, 1.165) is 19.3 Å². The van der Waals surface area contributed by atoms with Crippen LogP contribution in [0.3, 0.4) is 0 Å². The molecule has 1 saturated carbocycles. The fourth-order valence-electron chi connectivity index (χ4n) is 2.74. The molecule has 5 heteroatoms. The van der Waals surface area contributed by atoms with Crippen molar-refractivity contribution in [1.29, 1.82) is 0 Å². The van der Waals surface area contributed by atoms with E-state index in [2.05, 4.69) is 23.8 Å². The van der Waals surface area contributed by atoms with Crippen LogP contribution in [0.15, 0.2) is 6.20 Å². The Labute approximate surface area is 113 Å². The highest BCUT2D eigenvalue weighted by Gasteiger charge is 2.41. The number of ketones is 1.